The van der Waals surface area contributed by atoms with Gasteiger partial charge in [0.05, 0.1) is 0 Å². The van der Waals surface area contributed by atoms with Crippen LogP contribution in [0.5, 0.6) is 0 Å². The van der Waals surface area contributed by atoms with Gasteiger partial charge in [-0.15, -0.1) is 0 Å². The smallest absolute Gasteiger partial charge is 0.334 e. The third kappa shape index (κ3) is 17.0. The minimum Gasteiger partial charge on any atom is -0.457 e. The van der Waals surface area contributed by atoms with E-state index in [4.69, 9.17) is 4.74 Å². The molecule has 0 atom stereocenters. The normalized spacial score (nSPS) is 13.6. The van der Waals surface area contributed by atoms with Crippen molar-refractivity contribution in [1.82, 2.24) is 0 Å². The van der Waals surface area contributed by atoms with Gasteiger partial charge < -0.3 is 4.74 Å². The second kappa shape index (κ2) is 24.7. The summed E-state index contributed by atoms with van der Waals surface area (Å²) in [6, 6.07) is 55.3. The quantitative estimate of drug-likeness (QED) is 0.0756. The minimum absolute atomic E-state index is 0.0928. The van der Waals surface area contributed by atoms with Gasteiger partial charge in [0.1, 0.15) is 6.61 Å². The van der Waals surface area contributed by atoms with Gasteiger partial charge in [-0.1, -0.05) is 271 Å². The van der Waals surface area contributed by atoms with E-state index < -0.39 is 0 Å². The molecule has 7 aromatic rings. The van der Waals surface area contributed by atoms with E-state index in [1.807, 2.05) is 18.2 Å². The maximum atomic E-state index is 13.2. The zero-order valence-electron chi connectivity index (χ0n) is 48.8. The summed E-state index contributed by atoms with van der Waals surface area (Å²) in [4.78, 5) is 13.2. The molecule has 8 rings (SSSR count). The van der Waals surface area contributed by atoms with Gasteiger partial charge in [-0.3, -0.25) is 0 Å². The molecule has 79 heavy (non-hydrogen) atoms. The van der Waals surface area contributed by atoms with Gasteiger partial charge in [0.2, 0.25) is 0 Å². The molecule has 7 aromatic carbocycles. The molecule has 0 radical (unpaired) electrons. The third-order valence-corrected chi connectivity index (χ3v) is 14.4. The molecule has 0 amide bonds. The summed E-state index contributed by atoms with van der Waals surface area (Å²) < 4.78 is 5.93. The summed E-state index contributed by atoms with van der Waals surface area (Å²) in [5.74, 6) is -0.287. The molecule has 2 heteroatoms. The lowest BCUT2D eigenvalue weighted by atomic mass is 9.86. The van der Waals surface area contributed by atoms with Crippen LogP contribution in [0.25, 0.3) is 72.9 Å². The summed E-state index contributed by atoms with van der Waals surface area (Å²) in [6.07, 6.45) is 32.6. The number of carbonyl (C=O) groups is 1. The van der Waals surface area contributed by atoms with Crippen LogP contribution in [0.3, 0.4) is 0 Å². The summed E-state index contributed by atoms with van der Waals surface area (Å²) >= 11 is 0. The maximum Gasteiger partial charge on any atom is 0.334 e. The van der Waals surface area contributed by atoms with E-state index in [1.165, 1.54) is 22.3 Å². The Morgan fingerprint density at radius 3 is 0.785 bits per heavy atom. The number of benzene rings is 7. The molecule has 2 nitrogen and oxygen atoms in total. The van der Waals surface area contributed by atoms with E-state index in [2.05, 4.69) is 308 Å². The van der Waals surface area contributed by atoms with Crippen LogP contribution in [0.2, 0.25) is 0 Å². The topological polar surface area (TPSA) is 26.3 Å². The minimum atomic E-state index is -0.287. The van der Waals surface area contributed by atoms with Gasteiger partial charge in [-0.2, -0.15) is 0 Å². The Bertz CT molecular complexity index is 3110. The Kier molecular flexibility index (Phi) is 17.9. The van der Waals surface area contributed by atoms with Crippen LogP contribution < -0.4 is 0 Å². The van der Waals surface area contributed by atoms with Crippen molar-refractivity contribution in [2.45, 2.75) is 118 Å². The van der Waals surface area contributed by atoms with Gasteiger partial charge in [0.25, 0.3) is 0 Å². The van der Waals surface area contributed by atoms with Gasteiger partial charge >= 0.3 is 5.97 Å². The number of hydrogen-bond donors (Lipinski definition) is 0. The summed E-state index contributed by atoms with van der Waals surface area (Å²) in [7, 11) is 0. The van der Waals surface area contributed by atoms with Crippen LogP contribution in [-0.2, 0) is 37.8 Å². The predicted molar refractivity (Wildman–Crippen MR) is 345 cm³/mol. The molecule has 0 aromatic heterocycles. The van der Waals surface area contributed by atoms with Crippen LogP contribution in [0, 0.1) is 0 Å². The average molecular weight is 1040 g/mol. The van der Waals surface area contributed by atoms with Gasteiger partial charge in [-0.25, -0.2) is 4.79 Å². The number of allylic oxidation sites excluding steroid dienone is 3. The number of hydrogen-bond acceptors (Lipinski definition) is 2. The zero-order chi connectivity index (χ0) is 56.4. The molecule has 400 valence electrons. The molecule has 0 saturated heterocycles. The fourth-order valence-corrected chi connectivity index (χ4v) is 9.38. The first-order valence-electron chi connectivity index (χ1n) is 28.0. The molecule has 0 bridgehead atoms. The predicted octanol–water partition coefficient (Wildman–Crippen LogP) is 20.8. The highest BCUT2D eigenvalue weighted by Gasteiger charge is 2.16. The van der Waals surface area contributed by atoms with Crippen molar-refractivity contribution in [3.63, 3.8) is 0 Å². The highest BCUT2D eigenvalue weighted by atomic mass is 16.5. The molecule has 0 N–H and O–H groups in total. The summed E-state index contributed by atoms with van der Waals surface area (Å²) in [5, 5.41) is 0. The van der Waals surface area contributed by atoms with Crippen molar-refractivity contribution in [3.8, 4) is 0 Å². The van der Waals surface area contributed by atoms with Crippen molar-refractivity contribution < 1.29 is 9.53 Å². The number of rotatable bonds is 15. The Morgan fingerprint density at radius 1 is 0.342 bits per heavy atom. The zero-order valence-corrected chi connectivity index (χ0v) is 48.8. The SMILES string of the molecule is CC(C)(C)c1ccc(/C=C/c2cc(/C=C/c3ccc(C(C)(C)C)cc3)cc(/C=C/c3cc(/C=C/c4cc(/C=C/c5ccc(C(C)(C)C)cc5)cc(/C=C/c5ccc(C(C)(C)C)cc5)c4)cc(COC(=O)C4=CC=CC4)c3)c2)cc1. The van der Waals surface area contributed by atoms with Crippen LogP contribution in [-0.4, -0.2) is 5.97 Å². The number of carbonyl (C=O) groups excluding carboxylic acids is 1. The van der Waals surface area contributed by atoms with Crippen LogP contribution in [0.1, 0.15) is 184 Å². The number of ether oxygens (including phenoxy) is 1. The van der Waals surface area contributed by atoms with Crippen molar-refractivity contribution in [2.24, 2.45) is 0 Å². The molecular weight excluding hydrogens is 957 g/mol. The highest BCUT2D eigenvalue weighted by molar-refractivity contribution is 5.90. The largest absolute Gasteiger partial charge is 0.457 e. The molecule has 0 aliphatic heterocycles. The fraction of sp³-hybridized carbons (Fsp3) is 0.234. The van der Waals surface area contributed by atoms with Crippen LogP contribution in [0.15, 0.2) is 175 Å². The van der Waals surface area contributed by atoms with Crippen molar-refractivity contribution in [3.05, 3.63) is 270 Å². The lowest BCUT2D eigenvalue weighted by Gasteiger charge is -2.18. The molecular formula is C77H80O2. The van der Waals surface area contributed by atoms with Crippen molar-refractivity contribution >= 4 is 78.9 Å². The van der Waals surface area contributed by atoms with Crippen molar-refractivity contribution in [1.29, 1.82) is 0 Å². The molecule has 1 aliphatic rings. The van der Waals surface area contributed by atoms with E-state index in [9.17, 15) is 4.79 Å². The van der Waals surface area contributed by atoms with Gasteiger partial charge in [0, 0.05) is 5.57 Å². The second-order valence-electron chi connectivity index (χ2n) is 25.3. The molecule has 0 heterocycles. The first-order valence-corrected chi connectivity index (χ1v) is 28.0. The lowest BCUT2D eigenvalue weighted by molar-refractivity contribution is -0.140. The molecule has 0 saturated carbocycles. The second-order valence-corrected chi connectivity index (χ2v) is 25.3. The average Bonchev–Trinajstić information content (AvgIpc) is 3.98. The van der Waals surface area contributed by atoms with E-state index in [1.54, 1.807) is 0 Å². The Labute approximate surface area is 473 Å². The molecule has 1 aliphatic carbocycles. The maximum absolute atomic E-state index is 13.2. The molecule has 0 fully saturated rings. The summed E-state index contributed by atoms with van der Waals surface area (Å²) in [5.41, 5.74) is 20.4. The Balaban J connectivity index is 1.13. The highest BCUT2D eigenvalue weighted by Crippen LogP contribution is 2.29. The molecule has 0 unspecified atom stereocenters. The summed E-state index contributed by atoms with van der Waals surface area (Å²) in [6.45, 7) is 27.1. The van der Waals surface area contributed by atoms with E-state index >= 15 is 0 Å². The Morgan fingerprint density at radius 2 is 0.570 bits per heavy atom. The standard InChI is InChI=1S/C77H80O2/c1-74(2,3)69-37-29-55(30-38-69)17-21-59-45-60(22-18-56-31-39-70(40-32-56)75(4,5)6)48-63(47-59)25-27-65-51-66(53-67(52-65)54-79-73(78)68-15-13-14-16-68)28-26-64-49-61(23-19-57-33-41-71(42-34-57)76(7,8)9)46-62(50-64)24-20-58-35-43-72(44-36-58)77(10,11)12/h13-15,17-53H,16,54H2,1-12H3/b21-17+,22-18+,23-19+,24-20+,27-25+,28-26+. The Hall–Kier alpha value is -8.07. The fourth-order valence-electron chi connectivity index (χ4n) is 9.38. The number of esters is 1. The monoisotopic (exact) mass is 1040 g/mol. The van der Waals surface area contributed by atoms with Crippen LogP contribution in [0.4, 0.5) is 0 Å². The van der Waals surface area contributed by atoms with Gasteiger partial charge in [0.15, 0.2) is 0 Å². The first-order chi connectivity index (χ1) is 37.5. The van der Waals surface area contributed by atoms with E-state index in [-0.39, 0.29) is 34.2 Å². The van der Waals surface area contributed by atoms with E-state index in [0.29, 0.717) is 12.0 Å². The lowest BCUT2D eigenvalue weighted by Crippen LogP contribution is -2.10. The molecule has 0 spiro atoms. The van der Waals surface area contributed by atoms with Crippen LogP contribution >= 0.6 is 0 Å². The van der Waals surface area contributed by atoms with E-state index in [0.717, 1.165) is 72.3 Å². The van der Waals surface area contributed by atoms with Crippen molar-refractivity contribution in [2.75, 3.05) is 0 Å². The third-order valence-electron chi connectivity index (χ3n) is 14.4. The first kappa shape index (κ1) is 57.1. The van der Waals surface area contributed by atoms with Gasteiger partial charge in [-0.05, 0) is 177 Å².